The van der Waals surface area contributed by atoms with Crippen molar-refractivity contribution < 1.29 is 9.53 Å². The van der Waals surface area contributed by atoms with Crippen molar-refractivity contribution in [1.82, 2.24) is 5.32 Å². The Balaban J connectivity index is 1.87. The first-order valence-corrected chi connectivity index (χ1v) is 7.74. The molecular weight excluding hydrogens is 330 g/mol. The van der Waals surface area contributed by atoms with Crippen LogP contribution in [0, 0.1) is 0 Å². The van der Waals surface area contributed by atoms with E-state index in [-0.39, 0.29) is 5.91 Å². The van der Waals surface area contributed by atoms with E-state index in [9.17, 15) is 4.79 Å². The lowest BCUT2D eigenvalue weighted by Crippen LogP contribution is -2.22. The van der Waals surface area contributed by atoms with E-state index in [0.717, 1.165) is 28.8 Å². The Labute approximate surface area is 133 Å². The number of carbonyl (C=O) groups is 1. The molecule has 1 N–H and O–H groups in total. The van der Waals surface area contributed by atoms with Crippen molar-refractivity contribution in [3.63, 3.8) is 0 Å². The maximum absolute atomic E-state index is 12.0. The zero-order chi connectivity index (χ0) is 15.1. The summed E-state index contributed by atoms with van der Waals surface area (Å²) in [4.78, 5) is 12.0. The van der Waals surface area contributed by atoms with Gasteiger partial charge in [0.1, 0.15) is 5.75 Å². The van der Waals surface area contributed by atoms with Gasteiger partial charge in [0.05, 0.1) is 6.61 Å². The maximum atomic E-state index is 12.0. The SMILES string of the molecule is CCCOc1ccc(CNC(=O)c2ccc(Br)cc2)cc1. The van der Waals surface area contributed by atoms with Crippen LogP contribution in [-0.2, 0) is 6.54 Å². The molecule has 4 heteroatoms. The van der Waals surface area contributed by atoms with Gasteiger partial charge in [-0.05, 0) is 48.4 Å². The van der Waals surface area contributed by atoms with Crippen LogP contribution in [0.25, 0.3) is 0 Å². The Morgan fingerprint density at radius 2 is 1.76 bits per heavy atom. The molecule has 110 valence electrons. The molecule has 2 rings (SSSR count). The van der Waals surface area contributed by atoms with Crippen molar-refractivity contribution >= 4 is 21.8 Å². The van der Waals surface area contributed by atoms with Gasteiger partial charge < -0.3 is 10.1 Å². The van der Waals surface area contributed by atoms with Gasteiger partial charge in [-0.2, -0.15) is 0 Å². The summed E-state index contributed by atoms with van der Waals surface area (Å²) < 4.78 is 6.48. The molecular formula is C17H18BrNO2. The number of carbonyl (C=O) groups excluding carboxylic acids is 1. The Bertz CT molecular complexity index is 579. The molecule has 0 fully saturated rings. The van der Waals surface area contributed by atoms with E-state index >= 15 is 0 Å². The quantitative estimate of drug-likeness (QED) is 0.851. The minimum absolute atomic E-state index is 0.0752. The Morgan fingerprint density at radius 3 is 2.38 bits per heavy atom. The number of hydrogen-bond acceptors (Lipinski definition) is 2. The third-order valence-corrected chi connectivity index (χ3v) is 3.48. The van der Waals surface area contributed by atoms with Crippen molar-refractivity contribution in [2.75, 3.05) is 6.61 Å². The van der Waals surface area contributed by atoms with Crippen molar-refractivity contribution in [2.45, 2.75) is 19.9 Å². The summed E-state index contributed by atoms with van der Waals surface area (Å²) >= 11 is 3.35. The summed E-state index contributed by atoms with van der Waals surface area (Å²) in [6.07, 6.45) is 0.991. The molecule has 0 radical (unpaired) electrons. The highest BCUT2D eigenvalue weighted by molar-refractivity contribution is 9.10. The van der Waals surface area contributed by atoms with Crippen LogP contribution in [-0.4, -0.2) is 12.5 Å². The van der Waals surface area contributed by atoms with Crippen LogP contribution in [0.4, 0.5) is 0 Å². The third kappa shape index (κ3) is 4.90. The maximum Gasteiger partial charge on any atom is 0.251 e. The van der Waals surface area contributed by atoms with Gasteiger partial charge in [-0.25, -0.2) is 0 Å². The number of rotatable bonds is 6. The van der Waals surface area contributed by atoms with Crippen LogP contribution >= 0.6 is 15.9 Å². The van der Waals surface area contributed by atoms with Crippen LogP contribution in [0.5, 0.6) is 5.75 Å². The predicted molar refractivity (Wildman–Crippen MR) is 87.5 cm³/mol. The van der Waals surface area contributed by atoms with Crippen LogP contribution in [0.2, 0.25) is 0 Å². The summed E-state index contributed by atoms with van der Waals surface area (Å²) in [5.74, 6) is 0.786. The van der Waals surface area contributed by atoms with Crippen LogP contribution in [0.3, 0.4) is 0 Å². The number of benzene rings is 2. The fraction of sp³-hybridized carbons (Fsp3) is 0.235. The lowest BCUT2D eigenvalue weighted by molar-refractivity contribution is 0.0951. The fourth-order valence-corrected chi connectivity index (χ4v) is 2.07. The Hall–Kier alpha value is -1.81. The summed E-state index contributed by atoms with van der Waals surface area (Å²) in [6, 6.07) is 15.1. The molecule has 0 aliphatic carbocycles. The summed E-state index contributed by atoms with van der Waals surface area (Å²) in [5.41, 5.74) is 1.70. The molecule has 0 spiro atoms. The van der Waals surface area contributed by atoms with E-state index in [1.54, 1.807) is 12.1 Å². The molecule has 0 saturated heterocycles. The van der Waals surface area contributed by atoms with Gasteiger partial charge in [0.15, 0.2) is 0 Å². The van der Waals surface area contributed by atoms with Crippen LogP contribution < -0.4 is 10.1 Å². The van der Waals surface area contributed by atoms with Crippen molar-refractivity contribution in [2.24, 2.45) is 0 Å². The van der Waals surface area contributed by atoms with Crippen molar-refractivity contribution in [1.29, 1.82) is 0 Å². The highest BCUT2D eigenvalue weighted by Crippen LogP contribution is 2.13. The lowest BCUT2D eigenvalue weighted by Gasteiger charge is -2.07. The number of halogens is 1. The predicted octanol–water partition coefficient (Wildman–Crippen LogP) is 4.17. The molecule has 0 aliphatic heterocycles. The van der Waals surface area contributed by atoms with E-state index in [0.29, 0.717) is 12.1 Å². The minimum Gasteiger partial charge on any atom is -0.494 e. The smallest absolute Gasteiger partial charge is 0.251 e. The average molecular weight is 348 g/mol. The van der Waals surface area contributed by atoms with E-state index in [1.165, 1.54) is 0 Å². The molecule has 2 aromatic carbocycles. The molecule has 0 aliphatic rings. The van der Waals surface area contributed by atoms with Crippen molar-refractivity contribution in [3.05, 3.63) is 64.1 Å². The normalized spacial score (nSPS) is 10.2. The number of amides is 1. The second-order valence-corrected chi connectivity index (χ2v) is 5.60. The number of hydrogen-bond donors (Lipinski definition) is 1. The highest BCUT2D eigenvalue weighted by atomic mass is 79.9. The molecule has 0 bridgehead atoms. The topological polar surface area (TPSA) is 38.3 Å². The van der Waals surface area contributed by atoms with Gasteiger partial charge in [0.2, 0.25) is 0 Å². The monoisotopic (exact) mass is 347 g/mol. The molecule has 0 unspecified atom stereocenters. The standard InChI is InChI=1S/C17H18BrNO2/c1-2-11-21-16-9-3-13(4-10-16)12-19-17(20)14-5-7-15(18)8-6-14/h3-10H,2,11-12H2,1H3,(H,19,20). The first-order valence-electron chi connectivity index (χ1n) is 6.94. The third-order valence-electron chi connectivity index (χ3n) is 2.96. The Kier molecular flexibility index (Phi) is 5.81. The number of ether oxygens (including phenoxy) is 1. The van der Waals surface area contributed by atoms with Crippen LogP contribution in [0.1, 0.15) is 29.3 Å². The van der Waals surface area contributed by atoms with Gasteiger partial charge in [-0.3, -0.25) is 4.79 Å². The van der Waals surface area contributed by atoms with E-state index in [1.807, 2.05) is 36.4 Å². The zero-order valence-electron chi connectivity index (χ0n) is 11.9. The first-order chi connectivity index (χ1) is 10.2. The molecule has 0 aromatic heterocycles. The Morgan fingerprint density at radius 1 is 1.10 bits per heavy atom. The summed E-state index contributed by atoms with van der Waals surface area (Å²) in [6.45, 7) is 3.30. The molecule has 3 nitrogen and oxygen atoms in total. The lowest BCUT2D eigenvalue weighted by atomic mass is 10.2. The molecule has 21 heavy (non-hydrogen) atoms. The highest BCUT2D eigenvalue weighted by Gasteiger charge is 2.04. The van der Waals surface area contributed by atoms with Gasteiger partial charge in [0, 0.05) is 16.6 Å². The van der Waals surface area contributed by atoms with E-state index in [2.05, 4.69) is 28.2 Å². The van der Waals surface area contributed by atoms with E-state index < -0.39 is 0 Å². The minimum atomic E-state index is -0.0752. The van der Waals surface area contributed by atoms with Gasteiger partial charge in [-0.1, -0.05) is 35.0 Å². The average Bonchev–Trinajstić information content (AvgIpc) is 2.52. The molecule has 2 aromatic rings. The zero-order valence-corrected chi connectivity index (χ0v) is 13.5. The molecule has 0 saturated carbocycles. The van der Waals surface area contributed by atoms with Gasteiger partial charge in [0.25, 0.3) is 5.91 Å². The number of nitrogens with one attached hydrogen (secondary N) is 1. The second-order valence-electron chi connectivity index (χ2n) is 4.68. The second kappa shape index (κ2) is 7.84. The van der Waals surface area contributed by atoms with Gasteiger partial charge in [-0.15, -0.1) is 0 Å². The summed E-state index contributed by atoms with van der Waals surface area (Å²) in [5, 5.41) is 2.90. The molecule has 1 amide bonds. The summed E-state index contributed by atoms with van der Waals surface area (Å²) in [7, 11) is 0. The van der Waals surface area contributed by atoms with E-state index in [4.69, 9.17) is 4.74 Å². The fourth-order valence-electron chi connectivity index (χ4n) is 1.81. The van der Waals surface area contributed by atoms with Gasteiger partial charge >= 0.3 is 0 Å². The molecule has 0 heterocycles. The molecule has 0 atom stereocenters. The largest absolute Gasteiger partial charge is 0.494 e. The van der Waals surface area contributed by atoms with Crippen molar-refractivity contribution in [3.8, 4) is 5.75 Å². The van der Waals surface area contributed by atoms with Crippen LogP contribution in [0.15, 0.2) is 53.0 Å². The first kappa shape index (κ1) is 15.6.